The van der Waals surface area contributed by atoms with Gasteiger partial charge >= 0.3 is 0 Å². The molecule has 0 amide bonds. The third-order valence-electron chi connectivity index (χ3n) is 2.82. The maximum atomic E-state index is 6.14. The van der Waals surface area contributed by atoms with Gasteiger partial charge in [0, 0.05) is 11.6 Å². The minimum absolute atomic E-state index is 0.127. The third-order valence-corrected chi connectivity index (χ3v) is 2.82. The van der Waals surface area contributed by atoms with Gasteiger partial charge in [0.1, 0.15) is 12.0 Å². The highest BCUT2D eigenvalue weighted by Crippen LogP contribution is 2.24. The molecule has 2 rings (SSSR count). The van der Waals surface area contributed by atoms with Gasteiger partial charge in [-0.3, -0.25) is 0 Å². The van der Waals surface area contributed by atoms with Gasteiger partial charge in [0.15, 0.2) is 0 Å². The molecule has 0 bridgehead atoms. The van der Waals surface area contributed by atoms with E-state index >= 15 is 0 Å². The molecule has 1 unspecified atom stereocenters. The summed E-state index contributed by atoms with van der Waals surface area (Å²) in [5, 5.41) is 3.84. The Morgan fingerprint density at radius 1 is 1.41 bits per heavy atom. The Kier molecular flexibility index (Phi) is 3.44. The first-order valence-corrected chi connectivity index (χ1v) is 5.50. The fourth-order valence-corrected chi connectivity index (χ4v) is 1.87. The van der Waals surface area contributed by atoms with Gasteiger partial charge in [-0.25, -0.2) is 0 Å². The van der Waals surface area contributed by atoms with E-state index in [1.807, 2.05) is 31.2 Å². The molecule has 0 aliphatic rings. The zero-order chi connectivity index (χ0) is 12.3. The monoisotopic (exact) mass is 232 g/mol. The van der Waals surface area contributed by atoms with E-state index in [1.54, 1.807) is 13.4 Å². The molecule has 1 aromatic carbocycles. The van der Waals surface area contributed by atoms with Gasteiger partial charge in [-0.2, -0.15) is 0 Å². The number of nitrogens with zero attached hydrogens (tertiary/aromatic N) is 1. The lowest BCUT2D eigenvalue weighted by Crippen LogP contribution is -2.14. The van der Waals surface area contributed by atoms with Crippen molar-refractivity contribution in [3.63, 3.8) is 0 Å². The Labute approximate surface area is 100 Å². The molecule has 0 aliphatic carbocycles. The molecule has 0 aliphatic heterocycles. The van der Waals surface area contributed by atoms with Crippen LogP contribution >= 0.6 is 0 Å². The normalized spacial score (nSPS) is 12.4. The van der Waals surface area contributed by atoms with Crippen molar-refractivity contribution in [1.82, 2.24) is 5.16 Å². The molecule has 0 saturated carbocycles. The predicted molar refractivity (Wildman–Crippen MR) is 64.9 cm³/mol. The second-order valence-electron chi connectivity index (χ2n) is 3.98. The van der Waals surface area contributed by atoms with Crippen LogP contribution < -0.4 is 10.5 Å². The number of ether oxygens (including phenoxy) is 1. The summed E-state index contributed by atoms with van der Waals surface area (Å²) in [7, 11) is 1.66. The smallest absolute Gasteiger partial charge is 0.128 e. The van der Waals surface area contributed by atoms with Crippen LogP contribution in [0.1, 0.15) is 22.9 Å². The van der Waals surface area contributed by atoms with Gasteiger partial charge in [-0.05, 0) is 25.0 Å². The maximum absolute atomic E-state index is 6.14. The van der Waals surface area contributed by atoms with E-state index in [-0.39, 0.29) is 6.04 Å². The van der Waals surface area contributed by atoms with Crippen LogP contribution in [0.5, 0.6) is 5.75 Å². The summed E-state index contributed by atoms with van der Waals surface area (Å²) in [4.78, 5) is 0. The van der Waals surface area contributed by atoms with E-state index in [1.165, 1.54) is 0 Å². The van der Waals surface area contributed by atoms with Gasteiger partial charge in [0.25, 0.3) is 0 Å². The van der Waals surface area contributed by atoms with Gasteiger partial charge in [0.05, 0.1) is 12.8 Å². The molecule has 1 atom stereocenters. The molecule has 1 aromatic heterocycles. The summed E-state index contributed by atoms with van der Waals surface area (Å²) in [5.74, 6) is 0.858. The molecule has 0 radical (unpaired) electrons. The Morgan fingerprint density at radius 2 is 2.18 bits per heavy atom. The first-order chi connectivity index (χ1) is 8.22. The van der Waals surface area contributed by atoms with Crippen LogP contribution in [-0.4, -0.2) is 12.3 Å². The Bertz CT molecular complexity index is 494. The van der Waals surface area contributed by atoms with Crippen molar-refractivity contribution in [2.75, 3.05) is 7.11 Å². The fourth-order valence-electron chi connectivity index (χ4n) is 1.87. The summed E-state index contributed by atoms with van der Waals surface area (Å²) in [6.45, 7) is 1.89. The topological polar surface area (TPSA) is 61.3 Å². The van der Waals surface area contributed by atoms with Crippen molar-refractivity contribution in [1.29, 1.82) is 0 Å². The highest BCUT2D eigenvalue weighted by molar-refractivity contribution is 5.35. The molecule has 4 nitrogen and oxygen atoms in total. The van der Waals surface area contributed by atoms with Crippen LogP contribution in [0.2, 0.25) is 0 Å². The molecular weight excluding hydrogens is 216 g/mol. The average Bonchev–Trinajstić information content (AvgIpc) is 2.76. The number of aromatic nitrogens is 1. The quantitative estimate of drug-likeness (QED) is 0.878. The average molecular weight is 232 g/mol. The number of benzene rings is 1. The van der Waals surface area contributed by atoms with Crippen LogP contribution in [0.25, 0.3) is 0 Å². The van der Waals surface area contributed by atoms with E-state index in [9.17, 15) is 0 Å². The van der Waals surface area contributed by atoms with Crippen molar-refractivity contribution in [2.24, 2.45) is 5.73 Å². The van der Waals surface area contributed by atoms with Crippen LogP contribution in [0.15, 0.2) is 35.1 Å². The molecular formula is C13H16N2O2. The number of rotatable bonds is 4. The Hall–Kier alpha value is -1.81. The van der Waals surface area contributed by atoms with E-state index in [0.29, 0.717) is 6.42 Å². The lowest BCUT2D eigenvalue weighted by atomic mass is 10.00. The maximum Gasteiger partial charge on any atom is 0.128 e. The van der Waals surface area contributed by atoms with Gasteiger partial charge in [-0.15, -0.1) is 0 Å². The molecule has 0 spiro atoms. The summed E-state index contributed by atoms with van der Waals surface area (Å²) >= 11 is 0. The molecule has 17 heavy (non-hydrogen) atoms. The third kappa shape index (κ3) is 2.47. The second kappa shape index (κ2) is 5.01. The molecule has 0 fully saturated rings. The van der Waals surface area contributed by atoms with E-state index < -0.39 is 0 Å². The number of nitrogens with two attached hydrogens (primary N) is 1. The Morgan fingerprint density at radius 3 is 2.82 bits per heavy atom. The molecule has 1 heterocycles. The van der Waals surface area contributed by atoms with Gasteiger partial charge in [-0.1, -0.05) is 23.4 Å². The zero-order valence-electron chi connectivity index (χ0n) is 10.0. The Balaban J connectivity index is 2.18. The van der Waals surface area contributed by atoms with E-state index in [0.717, 1.165) is 22.6 Å². The lowest BCUT2D eigenvalue weighted by molar-refractivity contribution is 0.407. The summed E-state index contributed by atoms with van der Waals surface area (Å²) in [5.41, 5.74) is 9.01. The highest BCUT2D eigenvalue weighted by Gasteiger charge is 2.14. The zero-order valence-corrected chi connectivity index (χ0v) is 10.0. The van der Waals surface area contributed by atoms with Crippen LogP contribution in [0.4, 0.5) is 0 Å². The highest BCUT2D eigenvalue weighted by atomic mass is 16.5. The number of methoxy groups -OCH3 is 1. The van der Waals surface area contributed by atoms with E-state index in [4.69, 9.17) is 15.0 Å². The fraction of sp³-hybridized carbons (Fsp3) is 0.308. The summed E-state index contributed by atoms with van der Waals surface area (Å²) in [6.07, 6.45) is 2.31. The van der Waals surface area contributed by atoms with Crippen molar-refractivity contribution >= 4 is 0 Å². The number of para-hydroxylation sites is 1. The standard InChI is InChI=1S/C13H16N2O2/c1-9-11(8-17-15-9)12(14)7-10-5-3-4-6-13(10)16-2/h3-6,8,12H,7,14H2,1-2H3. The van der Waals surface area contributed by atoms with Crippen LogP contribution in [0, 0.1) is 6.92 Å². The van der Waals surface area contributed by atoms with E-state index in [2.05, 4.69) is 5.16 Å². The van der Waals surface area contributed by atoms with Crippen LogP contribution in [-0.2, 0) is 6.42 Å². The second-order valence-corrected chi connectivity index (χ2v) is 3.98. The number of hydrogen-bond acceptors (Lipinski definition) is 4. The predicted octanol–water partition coefficient (Wildman–Crippen LogP) is 2.23. The molecule has 2 N–H and O–H groups in total. The van der Waals surface area contributed by atoms with Gasteiger partial charge < -0.3 is 15.0 Å². The number of hydrogen-bond donors (Lipinski definition) is 1. The molecule has 4 heteroatoms. The van der Waals surface area contributed by atoms with Crippen molar-refractivity contribution in [3.8, 4) is 5.75 Å². The molecule has 2 aromatic rings. The largest absolute Gasteiger partial charge is 0.496 e. The summed E-state index contributed by atoms with van der Waals surface area (Å²) < 4.78 is 10.2. The number of aryl methyl sites for hydroxylation is 1. The van der Waals surface area contributed by atoms with Crippen molar-refractivity contribution < 1.29 is 9.26 Å². The first kappa shape index (κ1) is 11.7. The summed E-state index contributed by atoms with van der Waals surface area (Å²) in [6, 6.07) is 7.74. The van der Waals surface area contributed by atoms with Crippen LogP contribution in [0.3, 0.4) is 0 Å². The lowest BCUT2D eigenvalue weighted by Gasteiger charge is -2.13. The first-order valence-electron chi connectivity index (χ1n) is 5.50. The van der Waals surface area contributed by atoms with Crippen molar-refractivity contribution in [3.05, 3.63) is 47.3 Å². The minimum Gasteiger partial charge on any atom is -0.496 e. The minimum atomic E-state index is -0.127. The molecule has 90 valence electrons. The SMILES string of the molecule is COc1ccccc1CC(N)c1conc1C. The molecule has 0 saturated heterocycles. The van der Waals surface area contributed by atoms with Gasteiger partial charge in [0.2, 0.25) is 0 Å². The van der Waals surface area contributed by atoms with Crippen molar-refractivity contribution in [2.45, 2.75) is 19.4 Å².